The van der Waals surface area contributed by atoms with Gasteiger partial charge in [-0.2, -0.15) is 5.10 Å². The Labute approximate surface area is 249 Å². The van der Waals surface area contributed by atoms with Crippen LogP contribution in [0.5, 0.6) is 0 Å². The summed E-state index contributed by atoms with van der Waals surface area (Å²) in [5.41, 5.74) is 7.14. The molecule has 41 heavy (non-hydrogen) atoms. The Bertz CT molecular complexity index is 1300. The largest absolute Gasteiger partial charge is 0.295 e. The predicted molar refractivity (Wildman–Crippen MR) is 175 cm³/mol. The van der Waals surface area contributed by atoms with Crippen LogP contribution in [0.2, 0.25) is 0 Å². The molecule has 2 aromatic heterocycles. The number of ketones is 1. The zero-order chi connectivity index (χ0) is 31.5. The Morgan fingerprint density at radius 3 is 1.98 bits per heavy atom. The van der Waals surface area contributed by atoms with Crippen LogP contribution in [-0.4, -0.2) is 20.4 Å². The van der Waals surface area contributed by atoms with E-state index in [0.717, 1.165) is 39.6 Å². The maximum atomic E-state index is 13.6. The molecule has 0 N–H and O–H groups in total. The van der Waals surface area contributed by atoms with Gasteiger partial charge in [0.25, 0.3) is 0 Å². The van der Waals surface area contributed by atoms with Gasteiger partial charge in [-0.15, -0.1) is 0 Å². The molecule has 0 bridgehead atoms. The third-order valence-corrected chi connectivity index (χ3v) is 6.35. The highest BCUT2D eigenvalue weighted by molar-refractivity contribution is 5.95. The quantitative estimate of drug-likeness (QED) is 0.219. The highest BCUT2D eigenvalue weighted by Gasteiger charge is 2.11. The number of aryl methyl sites for hydroxylation is 4. The minimum absolute atomic E-state index is 0.141. The van der Waals surface area contributed by atoms with Gasteiger partial charge in [0, 0.05) is 16.8 Å². The van der Waals surface area contributed by atoms with Crippen LogP contribution in [0.15, 0.2) is 54.7 Å². The van der Waals surface area contributed by atoms with Crippen LogP contribution in [0.1, 0.15) is 114 Å². The second kappa shape index (κ2) is 20.5. The second-order valence-electron chi connectivity index (χ2n) is 9.88. The fourth-order valence-corrected chi connectivity index (χ4v) is 4.42. The second-order valence-corrected chi connectivity index (χ2v) is 9.88. The van der Waals surface area contributed by atoms with Crippen LogP contribution in [0.3, 0.4) is 0 Å². The van der Waals surface area contributed by atoms with Gasteiger partial charge in [0.05, 0.1) is 11.9 Å². The molecule has 0 saturated heterocycles. The van der Waals surface area contributed by atoms with Crippen LogP contribution in [0.4, 0.5) is 4.39 Å². The van der Waals surface area contributed by atoms with Gasteiger partial charge in [0.2, 0.25) is 0 Å². The topological polar surface area (TPSA) is 47.3 Å². The average Bonchev–Trinajstić information content (AvgIpc) is 3.33. The van der Waals surface area contributed by atoms with E-state index in [-0.39, 0.29) is 11.4 Å². The summed E-state index contributed by atoms with van der Waals surface area (Å²) >= 11 is 0. The molecule has 0 fully saturated rings. The van der Waals surface area contributed by atoms with Crippen LogP contribution in [0.25, 0.3) is 16.9 Å². The molecule has 2 heterocycles. The van der Waals surface area contributed by atoms with E-state index in [1.807, 2.05) is 104 Å². The van der Waals surface area contributed by atoms with Crippen molar-refractivity contribution in [3.05, 3.63) is 88.5 Å². The van der Waals surface area contributed by atoms with Crippen molar-refractivity contribution in [3.8, 4) is 11.3 Å². The SMILES string of the molecule is CC.CC.CC(=O)c1ccc(C)cc1C.CCCC(C)CCC.Cc1ccccc1-c1cc(C)n2ncc(F)c2n1. The zero-order valence-corrected chi connectivity index (χ0v) is 27.7. The van der Waals surface area contributed by atoms with Crippen molar-refractivity contribution in [2.24, 2.45) is 5.92 Å². The number of hydrogen-bond donors (Lipinski definition) is 0. The Balaban J connectivity index is 0.000000600. The third-order valence-electron chi connectivity index (χ3n) is 6.35. The zero-order valence-electron chi connectivity index (χ0n) is 27.7. The van der Waals surface area contributed by atoms with E-state index >= 15 is 0 Å². The Hall–Kier alpha value is -3.34. The maximum Gasteiger partial charge on any atom is 0.192 e. The lowest BCUT2D eigenvalue weighted by Gasteiger charge is -2.07. The molecule has 4 rings (SSSR count). The number of carbonyl (C=O) groups is 1. The fourth-order valence-electron chi connectivity index (χ4n) is 4.42. The van der Waals surface area contributed by atoms with E-state index in [4.69, 9.17) is 0 Å². The highest BCUT2D eigenvalue weighted by Crippen LogP contribution is 2.23. The molecule has 0 aliphatic rings. The van der Waals surface area contributed by atoms with E-state index < -0.39 is 5.82 Å². The minimum atomic E-state index is -0.395. The smallest absolute Gasteiger partial charge is 0.192 e. The van der Waals surface area contributed by atoms with Crippen molar-refractivity contribution in [2.75, 3.05) is 0 Å². The first kappa shape index (κ1) is 37.7. The molecule has 0 saturated carbocycles. The molecule has 4 nitrogen and oxygen atoms in total. The van der Waals surface area contributed by atoms with Crippen LogP contribution >= 0.6 is 0 Å². The fraction of sp³-hybridized carbons (Fsp3) is 0.472. The molecular weight excluding hydrogens is 509 g/mol. The molecule has 0 radical (unpaired) electrons. The molecule has 0 amide bonds. The molecule has 0 spiro atoms. The summed E-state index contributed by atoms with van der Waals surface area (Å²) in [6.07, 6.45) is 6.71. The number of rotatable bonds is 6. The van der Waals surface area contributed by atoms with Crippen molar-refractivity contribution in [2.45, 2.75) is 109 Å². The number of aromatic nitrogens is 3. The lowest BCUT2D eigenvalue weighted by molar-refractivity contribution is 0.101. The van der Waals surface area contributed by atoms with Gasteiger partial charge in [-0.05, 0) is 57.7 Å². The number of nitrogens with zero attached hydrogens (tertiary/aromatic N) is 3. The average molecular weight is 564 g/mol. The number of fused-ring (bicyclic) bond motifs is 1. The molecule has 0 aliphatic heterocycles. The third kappa shape index (κ3) is 12.4. The van der Waals surface area contributed by atoms with Crippen LogP contribution < -0.4 is 0 Å². The molecular formula is C36H54FN3O. The molecule has 5 heteroatoms. The van der Waals surface area contributed by atoms with E-state index in [1.54, 1.807) is 6.92 Å². The molecule has 226 valence electrons. The van der Waals surface area contributed by atoms with Crippen molar-refractivity contribution in [1.29, 1.82) is 0 Å². The summed E-state index contributed by atoms with van der Waals surface area (Å²) in [5.74, 6) is 0.709. The molecule has 0 aliphatic carbocycles. The number of carbonyl (C=O) groups excluding carboxylic acids is 1. The van der Waals surface area contributed by atoms with E-state index in [1.165, 1.54) is 42.0 Å². The Kier molecular flexibility index (Phi) is 18.9. The van der Waals surface area contributed by atoms with Gasteiger partial charge in [-0.3, -0.25) is 4.79 Å². The molecule has 2 aromatic carbocycles. The predicted octanol–water partition coefficient (Wildman–Crippen LogP) is 10.9. The van der Waals surface area contributed by atoms with E-state index in [0.29, 0.717) is 0 Å². The first-order valence-corrected chi connectivity index (χ1v) is 15.2. The Morgan fingerprint density at radius 1 is 0.878 bits per heavy atom. The molecule has 4 aromatic rings. The summed E-state index contributed by atoms with van der Waals surface area (Å²) in [6.45, 7) is 24.3. The van der Waals surface area contributed by atoms with E-state index in [9.17, 15) is 9.18 Å². The lowest BCUT2D eigenvalue weighted by atomic mass is 10.0. The van der Waals surface area contributed by atoms with Crippen LogP contribution in [-0.2, 0) is 0 Å². The first-order chi connectivity index (χ1) is 19.6. The number of halogens is 1. The summed E-state index contributed by atoms with van der Waals surface area (Å²) in [4.78, 5) is 15.3. The van der Waals surface area contributed by atoms with Crippen molar-refractivity contribution >= 4 is 11.4 Å². The van der Waals surface area contributed by atoms with Crippen molar-refractivity contribution < 1.29 is 9.18 Å². The number of benzene rings is 2. The van der Waals surface area contributed by atoms with E-state index in [2.05, 4.69) is 30.9 Å². The minimum Gasteiger partial charge on any atom is -0.295 e. The molecule has 0 unspecified atom stereocenters. The first-order valence-electron chi connectivity index (χ1n) is 15.2. The molecule has 0 atom stereocenters. The summed E-state index contributed by atoms with van der Waals surface area (Å²) < 4.78 is 15.1. The standard InChI is InChI=1S/C14H12FN3.C10H12O.C8H18.2C2H6/c1-9-5-3-4-6-11(9)13-7-10(2)18-14(17-13)12(15)8-16-18;1-7-4-5-10(9(3)11)8(2)6-7;1-4-6-8(3)7-5-2;2*1-2/h3-8H,1-2H3;4-6H,1-3H3;8H,4-7H2,1-3H3;2*1-2H3. The Morgan fingerprint density at radius 2 is 1.46 bits per heavy atom. The summed E-state index contributed by atoms with van der Waals surface area (Å²) in [6, 6.07) is 15.7. The highest BCUT2D eigenvalue weighted by atomic mass is 19.1. The van der Waals surface area contributed by atoms with Crippen molar-refractivity contribution in [1.82, 2.24) is 14.6 Å². The lowest BCUT2D eigenvalue weighted by Crippen LogP contribution is -1.98. The van der Waals surface area contributed by atoms with Crippen LogP contribution in [0, 0.1) is 39.4 Å². The van der Waals surface area contributed by atoms with Gasteiger partial charge in [-0.1, -0.05) is 122 Å². The monoisotopic (exact) mass is 563 g/mol. The van der Waals surface area contributed by atoms with Gasteiger partial charge in [0.15, 0.2) is 17.2 Å². The van der Waals surface area contributed by atoms with Gasteiger partial charge < -0.3 is 0 Å². The van der Waals surface area contributed by atoms with Gasteiger partial charge in [-0.25, -0.2) is 13.9 Å². The summed E-state index contributed by atoms with van der Waals surface area (Å²) in [7, 11) is 0. The van der Waals surface area contributed by atoms with Gasteiger partial charge >= 0.3 is 0 Å². The normalized spacial score (nSPS) is 9.80. The van der Waals surface area contributed by atoms with Crippen molar-refractivity contribution in [3.63, 3.8) is 0 Å². The number of hydrogen-bond acceptors (Lipinski definition) is 3. The number of Topliss-reactive ketones (excluding diaryl/α,β-unsaturated/α-hetero) is 1. The summed E-state index contributed by atoms with van der Waals surface area (Å²) in [5, 5.41) is 3.95. The van der Waals surface area contributed by atoms with Gasteiger partial charge in [0.1, 0.15) is 0 Å². The maximum absolute atomic E-state index is 13.6.